The highest BCUT2D eigenvalue weighted by atomic mass is 19.1. The first-order valence-electron chi connectivity index (χ1n) is 6.43. The van der Waals surface area contributed by atoms with Crippen LogP contribution in [-0.2, 0) is 18.4 Å². The van der Waals surface area contributed by atoms with Crippen LogP contribution in [0.2, 0.25) is 0 Å². The fourth-order valence-corrected chi connectivity index (χ4v) is 2.08. The van der Waals surface area contributed by atoms with Crippen molar-refractivity contribution >= 4 is 0 Å². The molecule has 0 bridgehead atoms. The molecular weight excluding hydrogens is 241 g/mol. The van der Waals surface area contributed by atoms with Gasteiger partial charge < -0.3 is 5.11 Å². The van der Waals surface area contributed by atoms with Crippen molar-refractivity contribution < 1.29 is 9.50 Å². The molecule has 1 N–H and O–H groups in total. The smallest absolute Gasteiger partial charge is 0.141 e. The van der Waals surface area contributed by atoms with E-state index in [1.54, 1.807) is 6.92 Å². The third-order valence-corrected chi connectivity index (χ3v) is 3.26. The lowest BCUT2D eigenvalue weighted by molar-refractivity contribution is 0.0529. The van der Waals surface area contributed by atoms with Gasteiger partial charge >= 0.3 is 0 Å². The number of benzene rings is 1. The Bertz CT molecular complexity index is 532. The lowest BCUT2D eigenvalue weighted by Gasteiger charge is -2.22. The summed E-state index contributed by atoms with van der Waals surface area (Å²) in [6.07, 6.45) is 2.58. The number of aromatic nitrogens is 1. The molecule has 0 saturated heterocycles. The summed E-state index contributed by atoms with van der Waals surface area (Å²) < 4.78 is 12.8. The molecule has 100 valence electrons. The fraction of sp³-hybridized carbons (Fsp3) is 0.312. The van der Waals surface area contributed by atoms with Crippen molar-refractivity contribution in [2.24, 2.45) is 0 Å². The Balaban J connectivity index is 2.17. The highest BCUT2D eigenvalue weighted by Gasteiger charge is 2.25. The minimum absolute atomic E-state index is 0.396. The molecule has 0 amide bonds. The molecule has 0 aliphatic rings. The van der Waals surface area contributed by atoms with Crippen molar-refractivity contribution in [3.63, 3.8) is 0 Å². The molecular formula is C16H18FNO. The number of aryl methyl sites for hydroxylation is 1. The standard InChI is InChI=1S/C16H18FNO/c1-3-12-4-6-13(7-5-12)10-16(2,19)15-9-8-14(17)11-18-15/h4-9,11,19H,3,10H2,1-2H3. The Morgan fingerprint density at radius 2 is 1.74 bits per heavy atom. The third-order valence-electron chi connectivity index (χ3n) is 3.26. The first-order valence-corrected chi connectivity index (χ1v) is 6.43. The fourth-order valence-electron chi connectivity index (χ4n) is 2.08. The Kier molecular flexibility index (Phi) is 3.96. The third kappa shape index (κ3) is 3.38. The first-order chi connectivity index (χ1) is 9.01. The molecule has 0 radical (unpaired) electrons. The van der Waals surface area contributed by atoms with E-state index in [1.807, 2.05) is 12.1 Å². The number of halogens is 1. The lowest BCUT2D eigenvalue weighted by atomic mass is 9.92. The molecule has 1 atom stereocenters. The SMILES string of the molecule is CCc1ccc(CC(C)(O)c2ccc(F)cn2)cc1. The Morgan fingerprint density at radius 1 is 1.11 bits per heavy atom. The summed E-state index contributed by atoms with van der Waals surface area (Å²) in [7, 11) is 0. The van der Waals surface area contributed by atoms with E-state index in [2.05, 4.69) is 24.0 Å². The number of hydrogen-bond acceptors (Lipinski definition) is 2. The van der Waals surface area contributed by atoms with Gasteiger partial charge in [0.25, 0.3) is 0 Å². The molecule has 1 aromatic carbocycles. The van der Waals surface area contributed by atoms with E-state index in [9.17, 15) is 9.50 Å². The normalized spacial score (nSPS) is 14.1. The van der Waals surface area contributed by atoms with Crippen molar-refractivity contribution in [3.05, 3.63) is 65.2 Å². The van der Waals surface area contributed by atoms with Crippen molar-refractivity contribution in [1.82, 2.24) is 4.98 Å². The molecule has 0 fully saturated rings. The largest absolute Gasteiger partial charge is 0.383 e. The van der Waals surface area contributed by atoms with Crippen LogP contribution in [0.15, 0.2) is 42.6 Å². The molecule has 19 heavy (non-hydrogen) atoms. The summed E-state index contributed by atoms with van der Waals surface area (Å²) in [5, 5.41) is 10.5. The maximum Gasteiger partial charge on any atom is 0.141 e. The van der Waals surface area contributed by atoms with Crippen LogP contribution in [0.3, 0.4) is 0 Å². The van der Waals surface area contributed by atoms with Gasteiger partial charge in [-0.05, 0) is 36.6 Å². The zero-order valence-electron chi connectivity index (χ0n) is 11.2. The van der Waals surface area contributed by atoms with E-state index < -0.39 is 11.4 Å². The van der Waals surface area contributed by atoms with Gasteiger partial charge in [-0.3, -0.25) is 4.98 Å². The minimum atomic E-state index is -1.10. The molecule has 0 aliphatic heterocycles. The van der Waals surface area contributed by atoms with E-state index in [-0.39, 0.29) is 0 Å². The predicted octanol–water partition coefficient (Wildman–Crippen LogP) is 3.23. The van der Waals surface area contributed by atoms with Crippen molar-refractivity contribution in [2.75, 3.05) is 0 Å². The second-order valence-electron chi connectivity index (χ2n) is 4.98. The van der Waals surface area contributed by atoms with E-state index in [0.717, 1.165) is 18.2 Å². The lowest BCUT2D eigenvalue weighted by Crippen LogP contribution is -2.25. The van der Waals surface area contributed by atoms with Crippen LogP contribution >= 0.6 is 0 Å². The highest BCUT2D eigenvalue weighted by Crippen LogP contribution is 2.24. The zero-order chi connectivity index (χ0) is 13.9. The summed E-state index contributed by atoms with van der Waals surface area (Å²) in [4.78, 5) is 3.95. The Labute approximate surface area is 112 Å². The molecule has 0 spiro atoms. The molecule has 0 aliphatic carbocycles. The van der Waals surface area contributed by atoms with Crippen molar-refractivity contribution in [1.29, 1.82) is 0 Å². The molecule has 1 unspecified atom stereocenters. The van der Waals surface area contributed by atoms with Crippen LogP contribution in [0.5, 0.6) is 0 Å². The van der Waals surface area contributed by atoms with Crippen molar-refractivity contribution in [2.45, 2.75) is 32.3 Å². The van der Waals surface area contributed by atoms with E-state index >= 15 is 0 Å². The summed E-state index contributed by atoms with van der Waals surface area (Å²) in [6, 6.07) is 11.0. The Morgan fingerprint density at radius 3 is 2.26 bits per heavy atom. The molecule has 2 aromatic rings. The van der Waals surface area contributed by atoms with Gasteiger partial charge in [0.15, 0.2) is 0 Å². The number of pyridine rings is 1. The first kappa shape index (κ1) is 13.7. The van der Waals surface area contributed by atoms with Crippen LogP contribution in [0.4, 0.5) is 4.39 Å². The zero-order valence-corrected chi connectivity index (χ0v) is 11.2. The van der Waals surface area contributed by atoms with Gasteiger partial charge in [-0.1, -0.05) is 31.2 Å². The summed E-state index contributed by atoms with van der Waals surface area (Å²) in [5.74, 6) is -0.396. The minimum Gasteiger partial charge on any atom is -0.383 e. The summed E-state index contributed by atoms with van der Waals surface area (Å²) in [5.41, 5.74) is 1.69. The van der Waals surface area contributed by atoms with Gasteiger partial charge in [0.05, 0.1) is 11.9 Å². The predicted molar refractivity (Wildman–Crippen MR) is 73.3 cm³/mol. The van der Waals surface area contributed by atoms with Gasteiger partial charge in [-0.15, -0.1) is 0 Å². The van der Waals surface area contributed by atoms with Crippen LogP contribution in [-0.4, -0.2) is 10.1 Å². The number of hydrogen-bond donors (Lipinski definition) is 1. The topological polar surface area (TPSA) is 33.1 Å². The van der Waals surface area contributed by atoms with Gasteiger partial charge in [0, 0.05) is 6.42 Å². The van der Waals surface area contributed by atoms with Gasteiger partial charge in [-0.2, -0.15) is 0 Å². The number of aliphatic hydroxyl groups is 1. The molecule has 0 saturated carbocycles. The summed E-state index contributed by atoms with van der Waals surface area (Å²) in [6.45, 7) is 3.80. The second-order valence-corrected chi connectivity index (χ2v) is 4.98. The Hall–Kier alpha value is -1.74. The average Bonchev–Trinajstić information content (AvgIpc) is 2.40. The maximum absolute atomic E-state index is 12.8. The second kappa shape index (κ2) is 5.49. The van der Waals surface area contributed by atoms with E-state index in [4.69, 9.17) is 0 Å². The van der Waals surface area contributed by atoms with Gasteiger partial charge in [0.2, 0.25) is 0 Å². The van der Waals surface area contributed by atoms with Crippen LogP contribution in [0, 0.1) is 5.82 Å². The maximum atomic E-state index is 12.8. The van der Waals surface area contributed by atoms with Gasteiger partial charge in [0.1, 0.15) is 11.4 Å². The average molecular weight is 259 g/mol. The molecule has 1 heterocycles. The molecule has 1 aromatic heterocycles. The number of rotatable bonds is 4. The molecule has 2 nitrogen and oxygen atoms in total. The summed E-state index contributed by atoms with van der Waals surface area (Å²) >= 11 is 0. The monoisotopic (exact) mass is 259 g/mol. The number of nitrogens with zero attached hydrogens (tertiary/aromatic N) is 1. The highest BCUT2D eigenvalue weighted by molar-refractivity contribution is 5.25. The van der Waals surface area contributed by atoms with Crippen LogP contribution in [0.1, 0.15) is 30.7 Å². The molecule has 3 heteroatoms. The van der Waals surface area contributed by atoms with Crippen LogP contribution < -0.4 is 0 Å². The van der Waals surface area contributed by atoms with Crippen LogP contribution in [0.25, 0.3) is 0 Å². The molecule has 2 rings (SSSR count). The quantitative estimate of drug-likeness (QED) is 0.914. The van der Waals surface area contributed by atoms with Gasteiger partial charge in [-0.25, -0.2) is 4.39 Å². The van der Waals surface area contributed by atoms with Crippen molar-refractivity contribution in [3.8, 4) is 0 Å². The van der Waals surface area contributed by atoms with E-state index in [1.165, 1.54) is 17.7 Å². The van der Waals surface area contributed by atoms with E-state index in [0.29, 0.717) is 12.1 Å².